The smallest absolute Gasteiger partial charge is 0.326 e. The van der Waals surface area contributed by atoms with Crippen molar-refractivity contribution in [2.24, 2.45) is 5.92 Å². The number of benzene rings is 3. The molecule has 0 aromatic heterocycles. The van der Waals surface area contributed by atoms with Crippen LogP contribution in [0.2, 0.25) is 0 Å². The zero-order chi connectivity index (χ0) is 24.1. The average molecular weight is 476 g/mol. The first-order valence-corrected chi connectivity index (χ1v) is 11.8. The highest BCUT2D eigenvalue weighted by molar-refractivity contribution is 8.18. The van der Waals surface area contributed by atoms with E-state index in [0.717, 1.165) is 33.0 Å². The van der Waals surface area contributed by atoms with E-state index in [2.05, 4.69) is 18.2 Å². The number of hydrogen-bond donors (Lipinski definition) is 0. The molecule has 0 saturated carbocycles. The first-order chi connectivity index (χ1) is 16.4. The Morgan fingerprint density at radius 2 is 1.74 bits per heavy atom. The molecule has 34 heavy (non-hydrogen) atoms. The Labute approximate surface area is 202 Å². The Hall–Kier alpha value is -3.58. The molecule has 1 aliphatic rings. The summed E-state index contributed by atoms with van der Waals surface area (Å²) < 4.78 is 11.2. The summed E-state index contributed by atoms with van der Waals surface area (Å²) in [6, 6.07) is 21.5. The van der Waals surface area contributed by atoms with Gasteiger partial charge in [-0.2, -0.15) is 0 Å². The number of para-hydroxylation sites is 1. The third-order valence-corrected chi connectivity index (χ3v) is 6.11. The standard InChI is InChI=1S/C27H25NO5S/c1-18(2)16-33-25(29)15-28-26(30)24(34-27(28)31)14-20-9-4-6-13-23(20)32-17-21-11-7-10-19-8-3-5-12-22(19)21/h3-14,18H,15-17H2,1-2H3/b24-14-. The number of ether oxygens (including phenoxy) is 2. The number of fused-ring (bicyclic) bond motifs is 1. The van der Waals surface area contributed by atoms with Gasteiger partial charge in [-0.25, -0.2) is 0 Å². The van der Waals surface area contributed by atoms with Crippen LogP contribution in [0.1, 0.15) is 25.0 Å². The first-order valence-electron chi connectivity index (χ1n) is 11.0. The fourth-order valence-corrected chi connectivity index (χ4v) is 4.35. The summed E-state index contributed by atoms with van der Waals surface area (Å²) in [5, 5.41) is 1.76. The second-order valence-corrected chi connectivity index (χ2v) is 9.30. The Balaban J connectivity index is 1.49. The molecule has 1 aliphatic heterocycles. The van der Waals surface area contributed by atoms with E-state index >= 15 is 0 Å². The predicted molar refractivity (Wildman–Crippen MR) is 133 cm³/mol. The summed E-state index contributed by atoms with van der Waals surface area (Å²) >= 11 is 0.803. The molecule has 3 aromatic rings. The van der Waals surface area contributed by atoms with E-state index in [0.29, 0.717) is 17.9 Å². The number of esters is 1. The molecule has 7 heteroatoms. The summed E-state index contributed by atoms with van der Waals surface area (Å²) in [6.45, 7) is 4.03. The van der Waals surface area contributed by atoms with Gasteiger partial charge in [-0.05, 0) is 46.2 Å². The molecule has 0 atom stereocenters. The molecule has 1 saturated heterocycles. The molecular weight excluding hydrogens is 450 g/mol. The zero-order valence-corrected chi connectivity index (χ0v) is 19.8. The van der Waals surface area contributed by atoms with Gasteiger partial charge in [0.1, 0.15) is 18.9 Å². The van der Waals surface area contributed by atoms with E-state index < -0.39 is 23.7 Å². The Morgan fingerprint density at radius 3 is 2.56 bits per heavy atom. The Bertz CT molecular complexity index is 1260. The average Bonchev–Trinajstić information content (AvgIpc) is 3.09. The highest BCUT2D eigenvalue weighted by Gasteiger charge is 2.36. The fraction of sp³-hybridized carbons (Fsp3) is 0.222. The molecule has 0 radical (unpaired) electrons. The van der Waals surface area contributed by atoms with Gasteiger partial charge in [0, 0.05) is 5.56 Å². The lowest BCUT2D eigenvalue weighted by Gasteiger charge is -2.13. The Morgan fingerprint density at radius 1 is 1.00 bits per heavy atom. The normalized spacial score (nSPS) is 14.9. The summed E-state index contributed by atoms with van der Waals surface area (Å²) in [5.41, 5.74) is 1.73. The van der Waals surface area contributed by atoms with Crippen LogP contribution in [-0.2, 0) is 20.9 Å². The molecular formula is C27H25NO5S. The molecule has 2 amide bonds. The lowest BCUT2D eigenvalue weighted by Crippen LogP contribution is -2.34. The van der Waals surface area contributed by atoms with E-state index in [-0.39, 0.29) is 17.4 Å². The molecule has 4 rings (SSSR count). The number of amides is 2. The summed E-state index contributed by atoms with van der Waals surface area (Å²) in [6.07, 6.45) is 1.63. The fourth-order valence-electron chi connectivity index (χ4n) is 3.52. The molecule has 0 bridgehead atoms. The third-order valence-electron chi connectivity index (χ3n) is 5.21. The molecule has 0 aliphatic carbocycles. The predicted octanol–water partition coefficient (Wildman–Crippen LogP) is 5.65. The van der Waals surface area contributed by atoms with Gasteiger partial charge in [0.05, 0.1) is 11.5 Å². The maximum Gasteiger partial charge on any atom is 0.326 e. The maximum absolute atomic E-state index is 12.8. The SMILES string of the molecule is CC(C)COC(=O)CN1C(=O)S/C(=C\c2ccccc2OCc2cccc3ccccc23)C1=O. The van der Waals surface area contributed by atoms with Crippen LogP contribution in [0.5, 0.6) is 5.75 Å². The number of nitrogens with zero attached hydrogens (tertiary/aromatic N) is 1. The van der Waals surface area contributed by atoms with Crippen LogP contribution >= 0.6 is 11.8 Å². The van der Waals surface area contributed by atoms with Crippen molar-refractivity contribution >= 4 is 45.7 Å². The van der Waals surface area contributed by atoms with Crippen molar-refractivity contribution in [2.75, 3.05) is 13.2 Å². The van der Waals surface area contributed by atoms with E-state index in [4.69, 9.17) is 9.47 Å². The molecule has 0 unspecified atom stereocenters. The highest BCUT2D eigenvalue weighted by Crippen LogP contribution is 2.34. The van der Waals surface area contributed by atoms with Crippen molar-refractivity contribution in [3.05, 3.63) is 82.8 Å². The molecule has 1 heterocycles. The minimum absolute atomic E-state index is 0.170. The second kappa shape index (κ2) is 10.6. The zero-order valence-electron chi connectivity index (χ0n) is 19.0. The molecule has 1 fully saturated rings. The molecule has 174 valence electrons. The number of thioether (sulfide) groups is 1. The number of imide groups is 1. The third kappa shape index (κ3) is 5.48. The first kappa shape index (κ1) is 23.6. The van der Waals surface area contributed by atoms with Crippen molar-refractivity contribution in [1.29, 1.82) is 0 Å². The summed E-state index contributed by atoms with van der Waals surface area (Å²) in [4.78, 5) is 38.3. The molecule has 3 aromatic carbocycles. The maximum atomic E-state index is 12.8. The largest absolute Gasteiger partial charge is 0.488 e. The molecule has 0 N–H and O–H groups in total. The van der Waals surface area contributed by atoms with Crippen LogP contribution in [-0.4, -0.2) is 35.2 Å². The summed E-state index contributed by atoms with van der Waals surface area (Å²) in [7, 11) is 0. The van der Waals surface area contributed by atoms with E-state index in [1.54, 1.807) is 6.08 Å². The van der Waals surface area contributed by atoms with E-state index in [9.17, 15) is 14.4 Å². The van der Waals surface area contributed by atoms with Crippen molar-refractivity contribution in [1.82, 2.24) is 4.90 Å². The van der Waals surface area contributed by atoms with Crippen LogP contribution in [0, 0.1) is 5.92 Å². The van der Waals surface area contributed by atoms with Gasteiger partial charge in [0.25, 0.3) is 11.1 Å². The number of carbonyl (C=O) groups excluding carboxylic acids is 3. The number of rotatable bonds is 8. The van der Waals surface area contributed by atoms with Crippen LogP contribution in [0.4, 0.5) is 4.79 Å². The van der Waals surface area contributed by atoms with Crippen molar-refractivity contribution in [3.63, 3.8) is 0 Å². The molecule has 6 nitrogen and oxygen atoms in total. The quantitative estimate of drug-likeness (QED) is 0.309. The van der Waals surface area contributed by atoms with Crippen LogP contribution < -0.4 is 4.74 Å². The van der Waals surface area contributed by atoms with Crippen molar-refractivity contribution in [3.8, 4) is 5.75 Å². The van der Waals surface area contributed by atoms with E-state index in [1.165, 1.54) is 0 Å². The number of hydrogen-bond acceptors (Lipinski definition) is 6. The Kier molecular flexibility index (Phi) is 7.33. The van der Waals surface area contributed by atoms with E-state index in [1.807, 2.05) is 62.4 Å². The van der Waals surface area contributed by atoms with Crippen LogP contribution in [0.3, 0.4) is 0 Å². The lowest BCUT2D eigenvalue weighted by molar-refractivity contribution is -0.147. The minimum Gasteiger partial charge on any atom is -0.488 e. The molecule has 0 spiro atoms. The van der Waals surface area contributed by atoms with Gasteiger partial charge < -0.3 is 9.47 Å². The van der Waals surface area contributed by atoms with Crippen LogP contribution in [0.25, 0.3) is 16.8 Å². The van der Waals surface area contributed by atoms with Crippen molar-refractivity contribution in [2.45, 2.75) is 20.5 Å². The lowest BCUT2D eigenvalue weighted by atomic mass is 10.1. The van der Waals surface area contributed by atoms with Gasteiger partial charge in [-0.15, -0.1) is 0 Å². The topological polar surface area (TPSA) is 72.9 Å². The second-order valence-electron chi connectivity index (χ2n) is 8.31. The summed E-state index contributed by atoms with van der Waals surface area (Å²) in [5.74, 6) is -0.348. The van der Waals surface area contributed by atoms with Gasteiger partial charge in [0.15, 0.2) is 0 Å². The van der Waals surface area contributed by atoms with Crippen molar-refractivity contribution < 1.29 is 23.9 Å². The number of carbonyl (C=O) groups is 3. The van der Waals surface area contributed by atoms with Gasteiger partial charge in [0.2, 0.25) is 0 Å². The van der Waals surface area contributed by atoms with Gasteiger partial charge in [-0.1, -0.05) is 74.5 Å². The van der Waals surface area contributed by atoms with Crippen LogP contribution in [0.15, 0.2) is 71.6 Å². The minimum atomic E-state index is -0.601. The monoisotopic (exact) mass is 475 g/mol. The highest BCUT2D eigenvalue weighted by atomic mass is 32.2. The van der Waals surface area contributed by atoms with Gasteiger partial charge in [-0.3, -0.25) is 19.3 Å². The van der Waals surface area contributed by atoms with Gasteiger partial charge >= 0.3 is 5.97 Å².